The number of aromatic nitrogens is 1. The van der Waals surface area contributed by atoms with E-state index >= 15 is 4.79 Å². The van der Waals surface area contributed by atoms with Gasteiger partial charge in [0.1, 0.15) is 11.9 Å². The first-order chi connectivity index (χ1) is 25.2. The normalized spacial score (nSPS) is 16.4. The molecule has 0 saturated carbocycles. The maximum absolute atomic E-state index is 15.2. The van der Waals surface area contributed by atoms with Crippen molar-refractivity contribution in [3.63, 3.8) is 0 Å². The Balaban J connectivity index is 1.71. The number of ether oxygens (including phenoxy) is 4. The van der Waals surface area contributed by atoms with Crippen LogP contribution in [0.15, 0.2) is 71.8 Å². The average Bonchev–Trinajstić information content (AvgIpc) is 3.58. The second-order valence-corrected chi connectivity index (χ2v) is 15.7. The summed E-state index contributed by atoms with van der Waals surface area (Å²) in [5, 5.41) is 4.07. The molecule has 1 aliphatic heterocycles. The van der Waals surface area contributed by atoms with Crippen LogP contribution in [0.25, 0.3) is 10.8 Å². The molecule has 4 aromatic rings. The third-order valence-electron chi connectivity index (χ3n) is 9.18. The number of hydrogen-bond donors (Lipinski definition) is 2. The van der Waals surface area contributed by atoms with E-state index in [-0.39, 0.29) is 35.1 Å². The van der Waals surface area contributed by atoms with Gasteiger partial charge in [-0.25, -0.2) is 18.2 Å². The fourth-order valence-corrected chi connectivity index (χ4v) is 7.87. The lowest BCUT2D eigenvalue weighted by atomic mass is 9.92. The Morgan fingerprint density at radius 2 is 1.72 bits per heavy atom. The first kappa shape index (κ1) is 38.9. The molecule has 3 N–H and O–H groups in total. The van der Waals surface area contributed by atoms with E-state index in [1.807, 2.05) is 26.8 Å². The third-order valence-corrected chi connectivity index (χ3v) is 11.4. The Bertz CT molecular complexity index is 2120. The topological polar surface area (TPSA) is 176 Å². The second kappa shape index (κ2) is 16.1. The summed E-state index contributed by atoms with van der Waals surface area (Å²) in [7, 11) is -1.52. The van der Waals surface area contributed by atoms with Gasteiger partial charge in [0.15, 0.2) is 21.3 Å². The van der Waals surface area contributed by atoms with Crippen molar-refractivity contribution in [3.05, 3.63) is 83.6 Å². The Morgan fingerprint density at radius 3 is 2.38 bits per heavy atom. The highest BCUT2D eigenvalue weighted by Crippen LogP contribution is 2.44. The first-order valence-corrected chi connectivity index (χ1v) is 18.9. The summed E-state index contributed by atoms with van der Waals surface area (Å²) >= 11 is 0. The molecule has 0 aliphatic carbocycles. The molecule has 2 heterocycles. The van der Waals surface area contributed by atoms with Gasteiger partial charge in [0, 0.05) is 23.8 Å². The fourth-order valence-electron chi connectivity index (χ4n) is 6.59. The van der Waals surface area contributed by atoms with Crippen molar-refractivity contribution in [2.75, 3.05) is 38.4 Å². The van der Waals surface area contributed by atoms with Gasteiger partial charge < -0.3 is 34.9 Å². The van der Waals surface area contributed by atoms with Crippen LogP contribution in [0.3, 0.4) is 0 Å². The zero-order chi connectivity index (χ0) is 38.6. The van der Waals surface area contributed by atoms with E-state index in [1.165, 1.54) is 37.3 Å². The van der Waals surface area contributed by atoms with Crippen LogP contribution in [0.4, 0.5) is 11.5 Å². The van der Waals surface area contributed by atoms with Crippen LogP contribution in [0.5, 0.6) is 11.5 Å². The van der Waals surface area contributed by atoms with Crippen LogP contribution in [-0.2, 0) is 28.9 Å². The number of nitrogens with one attached hydrogen (secondary N) is 1. The molecule has 282 valence electrons. The maximum Gasteiger partial charge on any atom is 0.337 e. The van der Waals surface area contributed by atoms with Crippen molar-refractivity contribution in [2.45, 2.75) is 69.4 Å². The van der Waals surface area contributed by atoms with Crippen molar-refractivity contribution in [1.82, 2.24) is 9.88 Å². The number of likely N-dealkylation sites (tertiary alicyclic amines) is 1. The van der Waals surface area contributed by atoms with Crippen LogP contribution < -0.4 is 20.5 Å². The first-order valence-electron chi connectivity index (χ1n) is 17.4. The zero-order valence-corrected chi connectivity index (χ0v) is 31.7. The number of esters is 2. The molecule has 1 unspecified atom stereocenters. The van der Waals surface area contributed by atoms with E-state index in [9.17, 15) is 18.0 Å². The predicted molar refractivity (Wildman–Crippen MR) is 201 cm³/mol. The van der Waals surface area contributed by atoms with Crippen LogP contribution in [0, 0.1) is 5.92 Å². The fraction of sp³-hybridized carbons (Fsp3) is 0.385. The summed E-state index contributed by atoms with van der Waals surface area (Å²) in [6.45, 7) is 9.13. The number of carbonyl (C=O) groups is 3. The van der Waals surface area contributed by atoms with Crippen molar-refractivity contribution >= 4 is 50.0 Å². The maximum atomic E-state index is 15.2. The van der Waals surface area contributed by atoms with Gasteiger partial charge in [-0.05, 0) is 112 Å². The summed E-state index contributed by atoms with van der Waals surface area (Å²) in [4.78, 5) is 46.9. The average molecular weight is 747 g/mol. The number of hydrogen-bond acceptors (Lipinski definition) is 12. The molecule has 1 aliphatic rings. The third kappa shape index (κ3) is 8.02. The Morgan fingerprint density at radius 1 is 0.962 bits per heavy atom. The second-order valence-electron chi connectivity index (χ2n) is 13.2. The van der Waals surface area contributed by atoms with Gasteiger partial charge in [0.25, 0.3) is 0 Å². The van der Waals surface area contributed by atoms with Crippen molar-refractivity contribution in [1.29, 1.82) is 0 Å². The molecule has 5 rings (SSSR count). The van der Waals surface area contributed by atoms with E-state index < -0.39 is 50.9 Å². The zero-order valence-electron chi connectivity index (χ0n) is 30.9. The minimum Gasteiger partial charge on any atom is -0.490 e. The molecule has 0 radical (unpaired) electrons. The monoisotopic (exact) mass is 746 g/mol. The lowest BCUT2D eigenvalue weighted by Gasteiger charge is -2.33. The largest absolute Gasteiger partial charge is 0.490 e. The molecule has 1 aromatic heterocycles. The summed E-state index contributed by atoms with van der Waals surface area (Å²) in [5.74, 6) is -1.46. The number of benzene rings is 3. The molecule has 1 amide bonds. The number of pyridine rings is 1. The number of nitrogens with two attached hydrogens (primary N) is 1. The van der Waals surface area contributed by atoms with E-state index in [2.05, 4.69) is 10.3 Å². The van der Waals surface area contributed by atoms with Crippen molar-refractivity contribution in [3.8, 4) is 11.5 Å². The summed E-state index contributed by atoms with van der Waals surface area (Å²) < 4.78 is 49.8. The lowest BCUT2D eigenvalue weighted by molar-refractivity contribution is -0.147. The number of amides is 1. The predicted octanol–water partition coefficient (Wildman–Crippen LogP) is 5.89. The van der Waals surface area contributed by atoms with Gasteiger partial charge in [0.2, 0.25) is 5.91 Å². The number of nitrogens with zero attached hydrogens (tertiary/aromatic N) is 2. The summed E-state index contributed by atoms with van der Waals surface area (Å²) in [6.07, 6.45) is 1.62. The van der Waals surface area contributed by atoms with Crippen molar-refractivity contribution < 1.29 is 41.7 Å². The summed E-state index contributed by atoms with van der Waals surface area (Å²) in [6, 6.07) is 14.4. The highest BCUT2D eigenvalue weighted by atomic mass is 32.2. The number of anilines is 2. The minimum absolute atomic E-state index is 0.0646. The molecule has 1 fully saturated rings. The van der Waals surface area contributed by atoms with E-state index in [4.69, 9.17) is 24.7 Å². The van der Waals surface area contributed by atoms with Gasteiger partial charge in [0.05, 0.1) is 54.6 Å². The van der Waals surface area contributed by atoms with Crippen LogP contribution in [0.2, 0.25) is 0 Å². The highest BCUT2D eigenvalue weighted by molar-refractivity contribution is 7.92. The Hall–Kier alpha value is -5.37. The van der Waals surface area contributed by atoms with E-state index in [0.29, 0.717) is 35.2 Å². The number of nitrogen functional groups attached to an aromatic ring is 1. The van der Waals surface area contributed by atoms with Gasteiger partial charge in [-0.15, -0.1) is 0 Å². The molecule has 13 nitrogen and oxygen atoms in total. The molecular formula is C39H46N4O9S. The molecular weight excluding hydrogens is 701 g/mol. The SMILES string of the molecule is CCOc1cc(C(Nc2ccc3c(N)nccc3c2)C(=O)N2CC[C@@H](C(=O)OC)[C@@H]2c2cc(C(=O)OC)ccc2S(=O)(=O)C(C)C)ccc1OC(C)C. The van der Waals surface area contributed by atoms with Crippen molar-refractivity contribution in [2.24, 2.45) is 5.92 Å². The number of rotatable bonds is 13. The van der Waals surface area contributed by atoms with Gasteiger partial charge in [-0.3, -0.25) is 9.59 Å². The van der Waals surface area contributed by atoms with E-state index in [1.54, 1.807) is 56.4 Å². The number of fused-ring (bicyclic) bond motifs is 1. The van der Waals surface area contributed by atoms with Crippen LogP contribution in [-0.4, -0.2) is 74.9 Å². The Kier molecular flexibility index (Phi) is 11.8. The number of carbonyl (C=O) groups excluding carboxylic acids is 3. The van der Waals surface area contributed by atoms with E-state index in [0.717, 1.165) is 10.8 Å². The quantitative estimate of drug-likeness (QED) is 0.156. The molecule has 3 aromatic carbocycles. The smallest absolute Gasteiger partial charge is 0.337 e. The van der Waals surface area contributed by atoms with Crippen LogP contribution >= 0.6 is 0 Å². The number of sulfone groups is 1. The molecule has 0 spiro atoms. The number of methoxy groups -OCH3 is 2. The molecule has 53 heavy (non-hydrogen) atoms. The standard InChI is InChI=1S/C39H46N4O9S/c1-8-51-32-21-25(9-13-31(32)52-22(2)3)34(42-27-11-12-28-24(19-27)15-17-41-36(28)40)37(44)43-18-16-29(39(46)50-7)35(43)30-20-26(38(45)49-6)10-14-33(30)53(47,48)23(4)5/h9-15,17,19-23,29,34-35,42H,8,16,18H2,1-7H3,(H2,40,41)/t29-,34?,35-/m1/s1. The minimum atomic E-state index is -3.97. The van der Waals surface area contributed by atoms with Crippen LogP contribution in [0.1, 0.15) is 74.6 Å². The van der Waals surface area contributed by atoms with Gasteiger partial charge >= 0.3 is 11.9 Å². The molecule has 0 bridgehead atoms. The molecule has 1 saturated heterocycles. The van der Waals surface area contributed by atoms with Gasteiger partial charge in [-0.1, -0.05) is 6.07 Å². The molecule has 3 atom stereocenters. The van der Waals surface area contributed by atoms with Gasteiger partial charge in [-0.2, -0.15) is 0 Å². The highest BCUT2D eigenvalue weighted by Gasteiger charge is 2.47. The lowest BCUT2D eigenvalue weighted by Crippen LogP contribution is -2.40. The molecule has 14 heteroatoms. The summed E-state index contributed by atoms with van der Waals surface area (Å²) in [5.41, 5.74) is 7.39. The Labute approximate surface area is 309 Å².